The average Bonchev–Trinajstić information content (AvgIpc) is 2.64. The quantitative estimate of drug-likeness (QED) is 0.0882. The molecule has 0 rings (SSSR count). The summed E-state index contributed by atoms with van der Waals surface area (Å²) in [6, 6.07) is 0. The van der Waals surface area contributed by atoms with Crippen molar-refractivity contribution in [2.24, 2.45) is 0 Å². The molecule has 0 aliphatic carbocycles. The molecule has 0 bridgehead atoms. The predicted octanol–water partition coefficient (Wildman–Crippen LogP) is 8.50. The van der Waals surface area contributed by atoms with E-state index in [4.69, 9.17) is 4.74 Å². The lowest BCUT2D eigenvalue weighted by molar-refractivity contribution is -0.145. The first-order chi connectivity index (χ1) is 13.8. The molecule has 0 saturated heterocycles. The molecule has 0 aromatic heterocycles. The maximum Gasteiger partial charge on any atom is 0.334 e. The smallest absolute Gasteiger partial charge is 0.334 e. The molecule has 0 spiro atoms. The number of hydrogen-bond acceptors (Lipinski definition) is 3. The highest BCUT2D eigenvalue weighted by atomic mass is 35.5. The van der Waals surface area contributed by atoms with Crippen LogP contribution in [0.4, 0.5) is 0 Å². The first-order valence-electron chi connectivity index (χ1n) is 12.4. The Kier molecular flexibility index (Phi) is 21.5. The van der Waals surface area contributed by atoms with Gasteiger partial charge in [-0.2, -0.15) is 0 Å². The van der Waals surface area contributed by atoms with Gasteiger partial charge in [-0.25, -0.2) is 4.79 Å². The molecule has 180 valence electrons. The Balaban J connectivity index is 0. The molecule has 0 amide bonds. The lowest BCUT2D eigenvalue weighted by atomic mass is 9.95. The van der Waals surface area contributed by atoms with Gasteiger partial charge in [-0.15, -0.1) is 12.4 Å². The minimum atomic E-state index is -0.326. The molecule has 4 heteroatoms. The van der Waals surface area contributed by atoms with Crippen molar-refractivity contribution in [3.63, 3.8) is 0 Å². The first-order valence-corrected chi connectivity index (χ1v) is 12.4. The fourth-order valence-corrected chi connectivity index (χ4v) is 3.85. The predicted molar refractivity (Wildman–Crippen MR) is 134 cm³/mol. The number of esters is 1. The van der Waals surface area contributed by atoms with E-state index < -0.39 is 0 Å². The van der Waals surface area contributed by atoms with Gasteiger partial charge in [0, 0.05) is 11.1 Å². The SMILES string of the molecule is C=C(C)C(=O)OC(C)NC(C)(C)CCCCCCCCCCCCCCCCC.Cl. The number of nitrogens with one attached hydrogen (secondary N) is 1. The van der Waals surface area contributed by atoms with Crippen molar-refractivity contribution < 1.29 is 9.53 Å². The number of halogens is 1. The monoisotopic (exact) mass is 445 g/mol. The van der Waals surface area contributed by atoms with Gasteiger partial charge < -0.3 is 4.74 Å². The molecule has 0 aliphatic rings. The van der Waals surface area contributed by atoms with Gasteiger partial charge in [0.1, 0.15) is 0 Å². The van der Waals surface area contributed by atoms with E-state index in [0.717, 1.165) is 6.42 Å². The number of carbonyl (C=O) groups is 1. The molecule has 0 heterocycles. The van der Waals surface area contributed by atoms with Crippen LogP contribution in [0, 0.1) is 0 Å². The zero-order valence-corrected chi connectivity index (χ0v) is 21.6. The van der Waals surface area contributed by atoms with Crippen molar-refractivity contribution in [1.82, 2.24) is 5.32 Å². The highest BCUT2D eigenvalue weighted by Crippen LogP contribution is 2.18. The van der Waals surface area contributed by atoms with Gasteiger partial charge in [0.25, 0.3) is 0 Å². The summed E-state index contributed by atoms with van der Waals surface area (Å²) in [4.78, 5) is 11.6. The maximum atomic E-state index is 11.6. The Morgan fingerprint density at radius 1 is 0.833 bits per heavy atom. The summed E-state index contributed by atoms with van der Waals surface area (Å²) >= 11 is 0. The summed E-state index contributed by atoms with van der Waals surface area (Å²) < 4.78 is 5.33. The van der Waals surface area contributed by atoms with Crippen LogP contribution in [-0.4, -0.2) is 17.7 Å². The summed E-state index contributed by atoms with van der Waals surface area (Å²) in [5, 5.41) is 3.41. The normalized spacial score (nSPS) is 12.3. The van der Waals surface area contributed by atoms with Crippen LogP contribution in [0.2, 0.25) is 0 Å². The second-order valence-electron chi connectivity index (χ2n) is 9.56. The van der Waals surface area contributed by atoms with Gasteiger partial charge in [0.15, 0.2) is 6.23 Å². The van der Waals surface area contributed by atoms with Crippen molar-refractivity contribution in [1.29, 1.82) is 0 Å². The van der Waals surface area contributed by atoms with Gasteiger partial charge in [-0.3, -0.25) is 5.32 Å². The summed E-state index contributed by atoms with van der Waals surface area (Å²) in [6.07, 6.45) is 21.7. The van der Waals surface area contributed by atoms with Crippen LogP contribution in [0.3, 0.4) is 0 Å². The number of hydrogen-bond donors (Lipinski definition) is 1. The van der Waals surface area contributed by atoms with E-state index in [1.807, 2.05) is 6.92 Å². The molecule has 0 aliphatic heterocycles. The average molecular weight is 446 g/mol. The number of ether oxygens (including phenoxy) is 1. The number of carbonyl (C=O) groups excluding carboxylic acids is 1. The molecule has 0 aromatic rings. The third-order valence-electron chi connectivity index (χ3n) is 5.63. The van der Waals surface area contributed by atoms with Crippen molar-refractivity contribution >= 4 is 18.4 Å². The minimum Gasteiger partial charge on any atom is -0.444 e. The van der Waals surface area contributed by atoms with Crippen LogP contribution in [0.25, 0.3) is 0 Å². The van der Waals surface area contributed by atoms with E-state index in [1.54, 1.807) is 6.92 Å². The van der Waals surface area contributed by atoms with E-state index in [2.05, 4.69) is 32.7 Å². The zero-order valence-electron chi connectivity index (χ0n) is 20.8. The highest BCUT2D eigenvalue weighted by molar-refractivity contribution is 5.87. The lowest BCUT2D eigenvalue weighted by Crippen LogP contribution is -2.46. The van der Waals surface area contributed by atoms with Crippen LogP contribution >= 0.6 is 12.4 Å². The zero-order chi connectivity index (χ0) is 22.0. The van der Waals surface area contributed by atoms with Crippen molar-refractivity contribution in [3.8, 4) is 0 Å². The van der Waals surface area contributed by atoms with E-state index in [1.165, 1.54) is 96.3 Å². The van der Waals surface area contributed by atoms with Crippen LogP contribution in [0.15, 0.2) is 12.2 Å². The van der Waals surface area contributed by atoms with E-state index >= 15 is 0 Å². The third-order valence-corrected chi connectivity index (χ3v) is 5.63. The summed E-state index contributed by atoms with van der Waals surface area (Å²) in [5.74, 6) is -0.326. The van der Waals surface area contributed by atoms with E-state index in [0.29, 0.717) is 5.57 Å². The van der Waals surface area contributed by atoms with Gasteiger partial charge in [0.2, 0.25) is 0 Å². The van der Waals surface area contributed by atoms with Crippen molar-refractivity contribution in [2.45, 2.75) is 149 Å². The Labute approximate surface area is 194 Å². The first kappa shape index (κ1) is 31.6. The van der Waals surface area contributed by atoms with Gasteiger partial charge in [-0.05, 0) is 34.1 Å². The standard InChI is InChI=1S/C26H51NO2.ClH/c1-7-8-9-10-11-12-13-14-15-16-17-18-19-20-21-22-26(5,6)27-24(4)29-25(28)23(2)3;/h24,27H,2,7-22H2,1,3-6H3;1H. The molecule has 30 heavy (non-hydrogen) atoms. The topological polar surface area (TPSA) is 38.3 Å². The molecular formula is C26H52ClNO2. The molecular weight excluding hydrogens is 394 g/mol. The van der Waals surface area contributed by atoms with E-state index in [9.17, 15) is 4.79 Å². The maximum absolute atomic E-state index is 11.6. The Morgan fingerprint density at radius 2 is 1.20 bits per heavy atom. The second-order valence-corrected chi connectivity index (χ2v) is 9.56. The number of unbranched alkanes of at least 4 members (excludes halogenated alkanes) is 14. The van der Waals surface area contributed by atoms with Crippen molar-refractivity contribution in [2.75, 3.05) is 0 Å². The highest BCUT2D eigenvalue weighted by Gasteiger charge is 2.21. The van der Waals surface area contributed by atoms with Gasteiger partial charge in [-0.1, -0.05) is 110 Å². The van der Waals surface area contributed by atoms with Crippen LogP contribution < -0.4 is 5.32 Å². The summed E-state index contributed by atoms with van der Waals surface area (Å²) in [7, 11) is 0. The summed E-state index contributed by atoms with van der Waals surface area (Å²) in [6.45, 7) is 13.8. The molecule has 0 aromatic carbocycles. The third kappa shape index (κ3) is 20.7. The largest absolute Gasteiger partial charge is 0.444 e. The fourth-order valence-electron chi connectivity index (χ4n) is 3.85. The van der Waals surface area contributed by atoms with Crippen LogP contribution in [0.1, 0.15) is 137 Å². The molecule has 0 saturated carbocycles. The minimum absolute atomic E-state index is 0. The van der Waals surface area contributed by atoms with E-state index in [-0.39, 0.29) is 30.1 Å². The van der Waals surface area contributed by atoms with Crippen LogP contribution in [-0.2, 0) is 9.53 Å². The molecule has 1 unspecified atom stereocenters. The second kappa shape index (κ2) is 20.4. The molecule has 0 radical (unpaired) electrons. The molecule has 1 N–H and O–H groups in total. The lowest BCUT2D eigenvalue weighted by Gasteiger charge is -2.30. The van der Waals surface area contributed by atoms with Crippen LogP contribution in [0.5, 0.6) is 0 Å². The molecule has 1 atom stereocenters. The molecule has 0 fully saturated rings. The summed E-state index contributed by atoms with van der Waals surface area (Å²) in [5.41, 5.74) is 0.421. The number of rotatable bonds is 20. The Hall–Kier alpha value is -0.540. The van der Waals surface area contributed by atoms with Gasteiger partial charge >= 0.3 is 5.97 Å². The Morgan fingerprint density at radius 3 is 1.57 bits per heavy atom. The fraction of sp³-hybridized carbons (Fsp3) is 0.885. The Bertz CT molecular complexity index is 423. The van der Waals surface area contributed by atoms with Crippen molar-refractivity contribution in [3.05, 3.63) is 12.2 Å². The molecule has 3 nitrogen and oxygen atoms in total. The van der Waals surface area contributed by atoms with Gasteiger partial charge in [0.05, 0.1) is 0 Å².